The summed E-state index contributed by atoms with van der Waals surface area (Å²) in [5, 5.41) is 4.56. The molecule has 0 saturated heterocycles. The molecular weight excluding hydrogens is 284 g/mol. The molecule has 0 saturated carbocycles. The molecule has 0 amide bonds. The van der Waals surface area contributed by atoms with E-state index in [1.165, 1.54) is 5.56 Å². The zero-order chi connectivity index (χ0) is 14.8. The van der Waals surface area contributed by atoms with Gasteiger partial charge >= 0.3 is 0 Å². The summed E-state index contributed by atoms with van der Waals surface area (Å²) < 4.78 is 5.50. The third kappa shape index (κ3) is 2.41. The molecule has 2 aromatic carbocycles. The van der Waals surface area contributed by atoms with Crippen LogP contribution in [-0.4, -0.2) is 5.16 Å². The van der Waals surface area contributed by atoms with Crippen LogP contribution in [0.15, 0.2) is 53.1 Å². The second kappa shape index (κ2) is 5.62. The Morgan fingerprint density at radius 2 is 1.71 bits per heavy atom. The maximum absolute atomic E-state index is 6.30. The number of aromatic nitrogens is 1. The number of rotatable bonds is 3. The van der Waals surface area contributed by atoms with Gasteiger partial charge in [0.25, 0.3) is 0 Å². The predicted octanol–water partition coefficient (Wildman–Crippen LogP) is 4.81. The summed E-state index contributed by atoms with van der Waals surface area (Å²) in [5.74, 6) is 1.02. The SMILES string of the molecule is CCc1ccccc1-c1onc(N)c1-c1ccccc1Cl. The van der Waals surface area contributed by atoms with Crippen LogP contribution in [0.5, 0.6) is 0 Å². The predicted molar refractivity (Wildman–Crippen MR) is 86.2 cm³/mol. The van der Waals surface area contributed by atoms with Gasteiger partial charge in [-0.3, -0.25) is 0 Å². The van der Waals surface area contributed by atoms with E-state index < -0.39 is 0 Å². The van der Waals surface area contributed by atoms with Gasteiger partial charge in [0.2, 0.25) is 0 Å². The summed E-state index contributed by atoms with van der Waals surface area (Å²) in [6.45, 7) is 2.10. The van der Waals surface area contributed by atoms with Crippen LogP contribution in [0.3, 0.4) is 0 Å². The van der Waals surface area contributed by atoms with Crippen LogP contribution in [0, 0.1) is 0 Å². The van der Waals surface area contributed by atoms with Crippen molar-refractivity contribution in [2.45, 2.75) is 13.3 Å². The molecule has 0 bridgehead atoms. The van der Waals surface area contributed by atoms with E-state index in [0.717, 1.165) is 23.1 Å². The van der Waals surface area contributed by atoms with E-state index in [1.807, 2.05) is 42.5 Å². The maximum atomic E-state index is 6.30. The summed E-state index contributed by atoms with van der Waals surface area (Å²) in [6.07, 6.45) is 0.902. The van der Waals surface area contributed by atoms with Crippen LogP contribution in [0.1, 0.15) is 12.5 Å². The summed E-state index contributed by atoms with van der Waals surface area (Å²) in [4.78, 5) is 0. The average Bonchev–Trinajstić information content (AvgIpc) is 2.89. The fourth-order valence-corrected chi connectivity index (χ4v) is 2.69. The van der Waals surface area contributed by atoms with Crippen LogP contribution in [-0.2, 0) is 6.42 Å². The smallest absolute Gasteiger partial charge is 0.177 e. The minimum atomic E-state index is 0.351. The van der Waals surface area contributed by atoms with E-state index in [9.17, 15) is 0 Å². The second-order valence-corrected chi connectivity index (χ2v) is 5.17. The van der Waals surface area contributed by atoms with Crippen LogP contribution in [0.25, 0.3) is 22.5 Å². The average molecular weight is 299 g/mol. The van der Waals surface area contributed by atoms with Gasteiger partial charge in [0.05, 0.1) is 5.56 Å². The number of nitrogen functional groups attached to an aromatic ring is 1. The van der Waals surface area contributed by atoms with Crippen molar-refractivity contribution in [1.29, 1.82) is 0 Å². The third-order valence-electron chi connectivity index (χ3n) is 3.50. The Labute approximate surface area is 128 Å². The van der Waals surface area contributed by atoms with Crippen LogP contribution >= 0.6 is 11.6 Å². The highest BCUT2D eigenvalue weighted by molar-refractivity contribution is 6.33. The van der Waals surface area contributed by atoms with Crippen molar-refractivity contribution in [3.05, 3.63) is 59.1 Å². The highest BCUT2D eigenvalue weighted by Crippen LogP contribution is 2.40. The van der Waals surface area contributed by atoms with Gasteiger partial charge in [-0.2, -0.15) is 0 Å². The second-order valence-electron chi connectivity index (χ2n) is 4.76. The molecule has 0 aliphatic rings. The van der Waals surface area contributed by atoms with Gasteiger partial charge in [0.15, 0.2) is 11.6 Å². The molecule has 1 heterocycles. The molecule has 0 spiro atoms. The minimum absolute atomic E-state index is 0.351. The van der Waals surface area contributed by atoms with Gasteiger partial charge in [-0.1, -0.05) is 66.1 Å². The number of benzene rings is 2. The number of hydrogen-bond acceptors (Lipinski definition) is 3. The molecule has 3 nitrogen and oxygen atoms in total. The first-order valence-electron chi connectivity index (χ1n) is 6.80. The Balaban J connectivity index is 2.25. The van der Waals surface area contributed by atoms with Crippen LogP contribution in [0.2, 0.25) is 5.02 Å². The molecule has 21 heavy (non-hydrogen) atoms. The zero-order valence-corrected chi connectivity index (χ0v) is 12.4. The van der Waals surface area contributed by atoms with E-state index in [-0.39, 0.29) is 0 Å². The zero-order valence-electron chi connectivity index (χ0n) is 11.6. The lowest BCUT2D eigenvalue weighted by Gasteiger charge is -2.08. The molecule has 106 valence electrons. The first kappa shape index (κ1) is 13.7. The first-order valence-corrected chi connectivity index (χ1v) is 7.18. The Bertz CT molecular complexity index is 780. The molecule has 4 heteroatoms. The molecule has 0 atom stereocenters. The molecule has 3 rings (SSSR count). The van der Waals surface area contributed by atoms with E-state index in [2.05, 4.69) is 18.1 Å². The van der Waals surface area contributed by atoms with E-state index >= 15 is 0 Å². The first-order chi connectivity index (χ1) is 10.2. The van der Waals surface area contributed by atoms with Crippen molar-refractivity contribution in [3.63, 3.8) is 0 Å². The Kier molecular flexibility index (Phi) is 3.67. The molecule has 1 aromatic heterocycles. The fourth-order valence-electron chi connectivity index (χ4n) is 2.46. The Hall–Kier alpha value is -2.26. The van der Waals surface area contributed by atoms with E-state index in [1.54, 1.807) is 0 Å². The quantitative estimate of drug-likeness (QED) is 0.755. The van der Waals surface area contributed by atoms with Crippen molar-refractivity contribution < 1.29 is 4.52 Å². The standard InChI is InChI=1S/C17H15ClN2O/c1-2-11-7-3-4-8-12(11)16-15(17(19)20-21-16)13-9-5-6-10-14(13)18/h3-10H,2H2,1H3,(H2,19,20). The van der Waals surface area contributed by atoms with Crippen molar-refractivity contribution in [3.8, 4) is 22.5 Å². The van der Waals surface area contributed by atoms with Gasteiger partial charge < -0.3 is 10.3 Å². The van der Waals surface area contributed by atoms with Crippen molar-refractivity contribution >= 4 is 17.4 Å². The molecule has 0 radical (unpaired) electrons. The molecule has 0 fully saturated rings. The number of aryl methyl sites for hydroxylation is 1. The van der Waals surface area contributed by atoms with Crippen LogP contribution in [0.4, 0.5) is 5.82 Å². The fraction of sp³-hybridized carbons (Fsp3) is 0.118. The lowest BCUT2D eigenvalue weighted by Crippen LogP contribution is -1.91. The third-order valence-corrected chi connectivity index (χ3v) is 3.83. The van der Waals surface area contributed by atoms with E-state index in [4.69, 9.17) is 21.9 Å². The number of anilines is 1. The monoisotopic (exact) mass is 298 g/mol. The van der Waals surface area contributed by atoms with Crippen molar-refractivity contribution in [2.75, 3.05) is 5.73 Å². The summed E-state index contributed by atoms with van der Waals surface area (Å²) >= 11 is 6.30. The normalized spacial score (nSPS) is 10.8. The molecule has 0 aliphatic carbocycles. The van der Waals surface area contributed by atoms with Gasteiger partial charge in [-0.25, -0.2) is 0 Å². The number of halogens is 1. The highest BCUT2D eigenvalue weighted by Gasteiger charge is 2.20. The largest absolute Gasteiger partial charge is 0.380 e. The maximum Gasteiger partial charge on any atom is 0.177 e. The highest BCUT2D eigenvalue weighted by atomic mass is 35.5. The summed E-state index contributed by atoms with van der Waals surface area (Å²) in [5.41, 5.74) is 9.77. The number of nitrogens with zero attached hydrogens (tertiary/aromatic N) is 1. The van der Waals surface area contributed by atoms with Gasteiger partial charge in [0, 0.05) is 16.1 Å². The van der Waals surface area contributed by atoms with Crippen molar-refractivity contribution in [2.24, 2.45) is 0 Å². The lowest BCUT2D eigenvalue weighted by molar-refractivity contribution is 0.436. The molecule has 0 aliphatic heterocycles. The Morgan fingerprint density at radius 3 is 2.43 bits per heavy atom. The molecule has 0 unspecified atom stereocenters. The molecule has 2 N–H and O–H groups in total. The van der Waals surface area contributed by atoms with Crippen LogP contribution < -0.4 is 5.73 Å². The summed E-state index contributed by atoms with van der Waals surface area (Å²) in [6, 6.07) is 15.6. The minimum Gasteiger partial charge on any atom is -0.380 e. The van der Waals surface area contributed by atoms with Gasteiger partial charge in [-0.15, -0.1) is 0 Å². The summed E-state index contributed by atoms with van der Waals surface area (Å²) in [7, 11) is 0. The topological polar surface area (TPSA) is 52.0 Å². The van der Waals surface area contributed by atoms with E-state index in [0.29, 0.717) is 16.6 Å². The molecule has 3 aromatic rings. The number of nitrogens with two attached hydrogens (primary N) is 1. The Morgan fingerprint density at radius 1 is 1.05 bits per heavy atom. The molecular formula is C17H15ClN2O. The lowest BCUT2D eigenvalue weighted by atomic mass is 9.97. The van der Waals surface area contributed by atoms with Gasteiger partial charge in [-0.05, 0) is 18.1 Å². The number of hydrogen-bond donors (Lipinski definition) is 1. The van der Waals surface area contributed by atoms with Gasteiger partial charge in [0.1, 0.15) is 0 Å². The van der Waals surface area contributed by atoms with Crippen molar-refractivity contribution in [1.82, 2.24) is 5.16 Å².